The standard InChI is InChI=1S/C19H26N4OS/c20-18(24)19(17-6-12-25-14-17,13-16-3-9-22-10-4-16)23-11-5-15-1-7-21-8-2-15/h3-4,6,9-10,12,14-15,21,23H,1-2,5,7-8,11,13H2,(H2,20,24). The Balaban J connectivity index is 1.76. The molecule has 1 saturated heterocycles. The summed E-state index contributed by atoms with van der Waals surface area (Å²) >= 11 is 1.59. The van der Waals surface area contributed by atoms with E-state index >= 15 is 0 Å². The number of hydrogen-bond donors (Lipinski definition) is 3. The molecule has 1 fully saturated rings. The summed E-state index contributed by atoms with van der Waals surface area (Å²) in [7, 11) is 0. The van der Waals surface area contributed by atoms with E-state index in [1.54, 1.807) is 23.7 Å². The highest BCUT2D eigenvalue weighted by Crippen LogP contribution is 2.28. The molecule has 3 rings (SSSR count). The smallest absolute Gasteiger partial charge is 0.242 e. The number of carbonyl (C=O) groups excluding carboxylic acids is 1. The molecule has 4 N–H and O–H groups in total. The number of carbonyl (C=O) groups is 1. The van der Waals surface area contributed by atoms with Gasteiger partial charge >= 0.3 is 0 Å². The van der Waals surface area contributed by atoms with Gasteiger partial charge in [-0.2, -0.15) is 11.3 Å². The number of amides is 1. The Morgan fingerprint density at radius 1 is 1.32 bits per heavy atom. The molecule has 0 saturated carbocycles. The molecule has 1 atom stereocenters. The van der Waals surface area contributed by atoms with Gasteiger partial charge in [-0.3, -0.25) is 15.1 Å². The van der Waals surface area contributed by atoms with Crippen molar-refractivity contribution in [1.82, 2.24) is 15.6 Å². The number of rotatable bonds is 8. The average Bonchev–Trinajstić information content (AvgIpc) is 3.17. The molecular weight excluding hydrogens is 332 g/mol. The van der Waals surface area contributed by atoms with Crippen LogP contribution in [-0.4, -0.2) is 30.5 Å². The van der Waals surface area contributed by atoms with Gasteiger partial charge in [0, 0.05) is 18.8 Å². The summed E-state index contributed by atoms with van der Waals surface area (Å²) in [5.74, 6) is 0.385. The van der Waals surface area contributed by atoms with Gasteiger partial charge in [0.2, 0.25) is 5.91 Å². The number of hydrogen-bond acceptors (Lipinski definition) is 5. The molecule has 5 nitrogen and oxygen atoms in total. The quantitative estimate of drug-likeness (QED) is 0.675. The minimum atomic E-state index is -0.867. The van der Waals surface area contributed by atoms with E-state index in [1.165, 1.54) is 12.8 Å². The Morgan fingerprint density at radius 2 is 2.08 bits per heavy atom. The molecule has 6 heteroatoms. The first kappa shape index (κ1) is 18.0. The predicted molar refractivity (Wildman–Crippen MR) is 101 cm³/mol. The van der Waals surface area contributed by atoms with Crippen LogP contribution < -0.4 is 16.4 Å². The Bertz CT molecular complexity index is 655. The fourth-order valence-electron chi connectivity index (χ4n) is 3.56. The molecule has 0 aromatic carbocycles. The van der Waals surface area contributed by atoms with Crippen LogP contribution in [0.25, 0.3) is 0 Å². The third-order valence-electron chi connectivity index (χ3n) is 5.09. The third-order valence-corrected chi connectivity index (χ3v) is 5.77. The van der Waals surface area contributed by atoms with Crippen LogP contribution in [-0.2, 0) is 16.8 Å². The summed E-state index contributed by atoms with van der Waals surface area (Å²) < 4.78 is 0. The maximum absolute atomic E-state index is 12.5. The molecule has 134 valence electrons. The molecule has 0 spiro atoms. The Hall–Kier alpha value is -1.76. The van der Waals surface area contributed by atoms with Crippen molar-refractivity contribution < 1.29 is 4.79 Å². The van der Waals surface area contributed by atoms with Crippen LogP contribution in [0.2, 0.25) is 0 Å². The highest BCUT2D eigenvalue weighted by Gasteiger charge is 2.38. The SMILES string of the molecule is NC(=O)C(Cc1ccncc1)(NCCC1CCNCC1)c1ccsc1. The van der Waals surface area contributed by atoms with Crippen LogP contribution in [0.1, 0.15) is 30.4 Å². The number of nitrogens with zero attached hydrogens (tertiary/aromatic N) is 1. The molecule has 25 heavy (non-hydrogen) atoms. The lowest BCUT2D eigenvalue weighted by Gasteiger charge is -2.33. The molecule has 0 aliphatic carbocycles. The first-order chi connectivity index (χ1) is 12.2. The third kappa shape index (κ3) is 4.45. The number of nitrogens with two attached hydrogens (primary N) is 1. The second-order valence-corrected chi connectivity index (χ2v) is 7.50. The minimum Gasteiger partial charge on any atom is -0.368 e. The molecule has 0 radical (unpaired) electrons. The summed E-state index contributed by atoms with van der Waals surface area (Å²) in [6, 6.07) is 5.88. The first-order valence-electron chi connectivity index (χ1n) is 8.88. The van der Waals surface area contributed by atoms with E-state index in [9.17, 15) is 4.79 Å². The fourth-order valence-corrected chi connectivity index (χ4v) is 4.29. The second kappa shape index (κ2) is 8.56. The number of pyridine rings is 1. The zero-order chi connectivity index (χ0) is 17.5. The average molecular weight is 359 g/mol. The van der Waals surface area contributed by atoms with Crippen LogP contribution >= 0.6 is 11.3 Å². The summed E-state index contributed by atoms with van der Waals surface area (Å²) in [6.45, 7) is 2.97. The van der Waals surface area contributed by atoms with E-state index < -0.39 is 5.54 Å². The van der Waals surface area contributed by atoms with Gasteiger partial charge in [0.15, 0.2) is 0 Å². The maximum atomic E-state index is 12.5. The van der Waals surface area contributed by atoms with E-state index in [0.29, 0.717) is 12.3 Å². The Morgan fingerprint density at radius 3 is 2.72 bits per heavy atom. The van der Waals surface area contributed by atoms with E-state index in [-0.39, 0.29) is 5.91 Å². The van der Waals surface area contributed by atoms with Crippen molar-refractivity contribution in [3.05, 3.63) is 52.5 Å². The van der Waals surface area contributed by atoms with Crippen molar-refractivity contribution in [2.45, 2.75) is 31.2 Å². The second-order valence-electron chi connectivity index (χ2n) is 6.72. The summed E-state index contributed by atoms with van der Waals surface area (Å²) in [6.07, 6.45) is 7.51. The molecule has 1 aliphatic heterocycles. The van der Waals surface area contributed by atoms with Crippen molar-refractivity contribution in [3.8, 4) is 0 Å². The van der Waals surface area contributed by atoms with Gasteiger partial charge in [0.05, 0.1) is 0 Å². The van der Waals surface area contributed by atoms with Gasteiger partial charge in [0.25, 0.3) is 0 Å². The Kier molecular flexibility index (Phi) is 6.18. The lowest BCUT2D eigenvalue weighted by Crippen LogP contribution is -2.54. The number of primary amides is 1. The van der Waals surface area contributed by atoms with E-state index in [4.69, 9.17) is 5.73 Å². The summed E-state index contributed by atoms with van der Waals surface area (Å²) in [5, 5.41) is 10.9. The van der Waals surface area contributed by atoms with Gasteiger partial charge in [-0.15, -0.1) is 0 Å². The number of aromatic nitrogens is 1. The lowest BCUT2D eigenvalue weighted by atomic mass is 9.84. The monoisotopic (exact) mass is 358 g/mol. The minimum absolute atomic E-state index is 0.326. The van der Waals surface area contributed by atoms with Gasteiger partial charge < -0.3 is 11.1 Å². The van der Waals surface area contributed by atoms with Crippen molar-refractivity contribution in [2.24, 2.45) is 11.7 Å². The van der Waals surface area contributed by atoms with Gasteiger partial charge in [-0.25, -0.2) is 0 Å². The number of nitrogens with one attached hydrogen (secondary N) is 2. The van der Waals surface area contributed by atoms with Crippen LogP contribution in [0.3, 0.4) is 0 Å². The van der Waals surface area contributed by atoms with Gasteiger partial charge in [-0.1, -0.05) is 0 Å². The predicted octanol–water partition coefficient (Wildman–Crippen LogP) is 2.05. The van der Waals surface area contributed by atoms with Gasteiger partial charge in [-0.05, 0) is 84.9 Å². The highest BCUT2D eigenvalue weighted by molar-refractivity contribution is 7.08. The number of piperidine rings is 1. The molecule has 2 aromatic rings. The van der Waals surface area contributed by atoms with Crippen LogP contribution in [0.4, 0.5) is 0 Å². The fraction of sp³-hybridized carbons (Fsp3) is 0.474. The molecule has 1 unspecified atom stereocenters. The Labute approximate surface area is 153 Å². The van der Waals surface area contributed by atoms with Crippen molar-refractivity contribution in [3.63, 3.8) is 0 Å². The zero-order valence-corrected chi connectivity index (χ0v) is 15.2. The maximum Gasteiger partial charge on any atom is 0.242 e. The molecule has 2 aromatic heterocycles. The highest BCUT2D eigenvalue weighted by atomic mass is 32.1. The molecule has 0 bridgehead atoms. The van der Waals surface area contributed by atoms with Crippen molar-refractivity contribution in [1.29, 1.82) is 0 Å². The first-order valence-corrected chi connectivity index (χ1v) is 9.82. The van der Waals surface area contributed by atoms with Crippen molar-refractivity contribution >= 4 is 17.2 Å². The van der Waals surface area contributed by atoms with Gasteiger partial charge in [0.1, 0.15) is 5.54 Å². The largest absolute Gasteiger partial charge is 0.368 e. The topological polar surface area (TPSA) is 80.0 Å². The van der Waals surface area contributed by atoms with Crippen LogP contribution in [0.5, 0.6) is 0 Å². The zero-order valence-electron chi connectivity index (χ0n) is 14.4. The van der Waals surface area contributed by atoms with Crippen LogP contribution in [0, 0.1) is 5.92 Å². The van der Waals surface area contributed by atoms with E-state index in [2.05, 4.69) is 15.6 Å². The molecule has 3 heterocycles. The lowest BCUT2D eigenvalue weighted by molar-refractivity contribution is -0.124. The van der Waals surface area contributed by atoms with E-state index in [1.807, 2.05) is 29.0 Å². The molecular formula is C19H26N4OS. The van der Waals surface area contributed by atoms with Crippen molar-refractivity contribution in [2.75, 3.05) is 19.6 Å². The van der Waals surface area contributed by atoms with Crippen LogP contribution in [0.15, 0.2) is 41.4 Å². The molecule has 1 amide bonds. The normalized spacial score (nSPS) is 17.9. The number of thiophene rings is 1. The van der Waals surface area contributed by atoms with E-state index in [0.717, 1.165) is 37.2 Å². The summed E-state index contributed by atoms with van der Waals surface area (Å²) in [5.41, 5.74) is 7.04. The summed E-state index contributed by atoms with van der Waals surface area (Å²) in [4.78, 5) is 16.6. The molecule has 1 aliphatic rings.